The van der Waals surface area contributed by atoms with E-state index in [2.05, 4.69) is 11.9 Å². The zero-order chi connectivity index (χ0) is 13.9. The Morgan fingerprint density at radius 2 is 2.20 bits per heavy atom. The number of hydrogen-bond acceptors (Lipinski definition) is 3. The highest BCUT2D eigenvalue weighted by Crippen LogP contribution is 2.22. The molecule has 0 amide bonds. The van der Waals surface area contributed by atoms with Crippen LogP contribution < -0.4 is 0 Å². The number of furan rings is 1. The highest BCUT2D eigenvalue weighted by atomic mass is 16.3. The van der Waals surface area contributed by atoms with Gasteiger partial charge in [-0.1, -0.05) is 25.1 Å². The van der Waals surface area contributed by atoms with Gasteiger partial charge in [-0.3, -0.25) is 4.79 Å². The third kappa shape index (κ3) is 2.25. The van der Waals surface area contributed by atoms with E-state index in [9.17, 15) is 4.79 Å². The van der Waals surface area contributed by atoms with E-state index in [0.29, 0.717) is 12.0 Å². The van der Waals surface area contributed by atoms with E-state index in [1.165, 1.54) is 0 Å². The fourth-order valence-corrected chi connectivity index (χ4v) is 2.38. The van der Waals surface area contributed by atoms with Gasteiger partial charge in [-0.15, -0.1) is 0 Å². The lowest BCUT2D eigenvalue weighted by molar-refractivity contribution is 0.0990. The summed E-state index contributed by atoms with van der Waals surface area (Å²) in [7, 11) is 0. The highest BCUT2D eigenvalue weighted by Gasteiger charge is 2.16. The maximum absolute atomic E-state index is 12.4. The van der Waals surface area contributed by atoms with Gasteiger partial charge >= 0.3 is 0 Å². The molecule has 0 atom stereocenters. The van der Waals surface area contributed by atoms with Gasteiger partial charge in [-0.2, -0.15) is 0 Å². The first kappa shape index (κ1) is 12.7. The van der Waals surface area contributed by atoms with Crippen LogP contribution in [0.25, 0.3) is 11.0 Å². The molecule has 3 aromatic rings. The smallest absolute Gasteiger partial charge is 0.174 e. The van der Waals surface area contributed by atoms with Crippen molar-refractivity contribution in [1.82, 2.24) is 9.55 Å². The SMILES string of the molecule is CCCn1ccnc1CC(=O)c1coc2ccccc12. The molecule has 0 saturated carbocycles. The molecule has 0 aliphatic heterocycles. The number of benzene rings is 1. The minimum absolute atomic E-state index is 0.0403. The standard InChI is InChI=1S/C16H16N2O2/c1-2-8-18-9-7-17-16(18)10-14(19)13-11-20-15-6-4-3-5-12(13)15/h3-7,9,11H,2,8,10H2,1H3. The molecular formula is C16H16N2O2. The van der Waals surface area contributed by atoms with Crippen LogP contribution >= 0.6 is 0 Å². The summed E-state index contributed by atoms with van der Waals surface area (Å²) in [5.41, 5.74) is 1.37. The van der Waals surface area contributed by atoms with E-state index in [-0.39, 0.29) is 5.78 Å². The van der Waals surface area contributed by atoms with E-state index in [1.807, 2.05) is 35.0 Å². The number of rotatable bonds is 5. The Morgan fingerprint density at radius 1 is 1.35 bits per heavy atom. The summed E-state index contributed by atoms with van der Waals surface area (Å²) >= 11 is 0. The predicted octanol–water partition coefficient (Wildman–Crippen LogP) is 3.46. The van der Waals surface area contributed by atoms with Crippen molar-refractivity contribution in [3.05, 3.63) is 54.3 Å². The second-order valence-electron chi connectivity index (χ2n) is 4.78. The first-order valence-electron chi connectivity index (χ1n) is 6.79. The van der Waals surface area contributed by atoms with Crippen LogP contribution in [0.2, 0.25) is 0 Å². The summed E-state index contributed by atoms with van der Waals surface area (Å²) < 4.78 is 7.45. The van der Waals surface area contributed by atoms with Gasteiger partial charge in [0.25, 0.3) is 0 Å². The van der Waals surface area contributed by atoms with Gasteiger partial charge < -0.3 is 8.98 Å². The highest BCUT2D eigenvalue weighted by molar-refractivity contribution is 6.07. The van der Waals surface area contributed by atoms with Crippen molar-refractivity contribution >= 4 is 16.8 Å². The molecule has 3 rings (SSSR count). The molecule has 2 aromatic heterocycles. The largest absolute Gasteiger partial charge is 0.464 e. The molecule has 4 nitrogen and oxygen atoms in total. The average Bonchev–Trinajstić information content (AvgIpc) is 3.06. The number of para-hydroxylation sites is 1. The van der Waals surface area contributed by atoms with Crippen molar-refractivity contribution < 1.29 is 9.21 Å². The summed E-state index contributed by atoms with van der Waals surface area (Å²) in [5, 5.41) is 0.867. The quantitative estimate of drug-likeness (QED) is 0.666. The Hall–Kier alpha value is -2.36. The van der Waals surface area contributed by atoms with Crippen molar-refractivity contribution in [3.63, 3.8) is 0 Å². The third-order valence-electron chi connectivity index (χ3n) is 3.37. The Labute approximate surface area is 117 Å². The summed E-state index contributed by atoms with van der Waals surface area (Å²) in [4.78, 5) is 16.7. The molecule has 1 aromatic carbocycles. The fourth-order valence-electron chi connectivity index (χ4n) is 2.38. The van der Waals surface area contributed by atoms with Crippen LogP contribution in [-0.2, 0) is 13.0 Å². The Kier molecular flexibility index (Phi) is 3.37. The average molecular weight is 268 g/mol. The molecule has 0 radical (unpaired) electrons. The van der Waals surface area contributed by atoms with Gasteiger partial charge in [0, 0.05) is 24.3 Å². The number of imidazole rings is 1. The van der Waals surface area contributed by atoms with E-state index >= 15 is 0 Å². The number of hydrogen-bond donors (Lipinski definition) is 0. The van der Waals surface area contributed by atoms with Crippen LogP contribution in [0.1, 0.15) is 29.5 Å². The third-order valence-corrected chi connectivity index (χ3v) is 3.37. The fraction of sp³-hybridized carbons (Fsp3) is 0.250. The molecule has 0 aliphatic rings. The van der Waals surface area contributed by atoms with Gasteiger partial charge in [0.2, 0.25) is 0 Å². The number of carbonyl (C=O) groups is 1. The van der Waals surface area contributed by atoms with Crippen LogP contribution in [0, 0.1) is 0 Å². The monoisotopic (exact) mass is 268 g/mol. The number of carbonyl (C=O) groups excluding carboxylic acids is 1. The Bertz CT molecular complexity index is 740. The maximum Gasteiger partial charge on any atom is 0.174 e. The molecule has 0 unspecified atom stereocenters. The summed E-state index contributed by atoms with van der Waals surface area (Å²) in [5.74, 6) is 0.848. The van der Waals surface area contributed by atoms with Crippen LogP contribution in [0.4, 0.5) is 0 Å². The maximum atomic E-state index is 12.4. The zero-order valence-corrected chi connectivity index (χ0v) is 11.4. The molecule has 2 heterocycles. The van der Waals surface area contributed by atoms with Gasteiger partial charge in [0.15, 0.2) is 5.78 Å². The topological polar surface area (TPSA) is 48.0 Å². The summed E-state index contributed by atoms with van der Waals surface area (Å²) in [6, 6.07) is 7.58. The van der Waals surface area contributed by atoms with Crippen LogP contribution in [0.15, 0.2) is 47.3 Å². The minimum Gasteiger partial charge on any atom is -0.464 e. The van der Waals surface area contributed by atoms with Crippen molar-refractivity contribution in [2.75, 3.05) is 0 Å². The van der Waals surface area contributed by atoms with Crippen LogP contribution in [-0.4, -0.2) is 15.3 Å². The number of aromatic nitrogens is 2. The van der Waals surface area contributed by atoms with E-state index in [0.717, 1.165) is 29.8 Å². The molecule has 0 fully saturated rings. The van der Waals surface area contributed by atoms with Crippen molar-refractivity contribution in [2.45, 2.75) is 26.3 Å². The number of Topliss-reactive ketones (excluding diaryl/α,β-unsaturated/α-hetero) is 1. The molecule has 102 valence electrons. The van der Waals surface area contributed by atoms with Gasteiger partial charge in [-0.05, 0) is 12.5 Å². The van der Waals surface area contributed by atoms with E-state index < -0.39 is 0 Å². The number of nitrogens with zero attached hydrogens (tertiary/aromatic N) is 2. The lowest BCUT2D eigenvalue weighted by Crippen LogP contribution is -2.09. The van der Waals surface area contributed by atoms with Crippen molar-refractivity contribution in [2.24, 2.45) is 0 Å². The zero-order valence-electron chi connectivity index (χ0n) is 11.4. The molecule has 0 bridgehead atoms. The van der Waals surface area contributed by atoms with Gasteiger partial charge in [0.05, 0.1) is 12.0 Å². The predicted molar refractivity (Wildman–Crippen MR) is 76.8 cm³/mol. The molecule has 0 N–H and O–H groups in total. The van der Waals surface area contributed by atoms with Gasteiger partial charge in [0.1, 0.15) is 17.7 Å². The molecule has 0 saturated heterocycles. The number of ketones is 1. The van der Waals surface area contributed by atoms with Gasteiger partial charge in [-0.25, -0.2) is 4.98 Å². The molecular weight excluding hydrogens is 252 g/mol. The lowest BCUT2D eigenvalue weighted by Gasteiger charge is -2.04. The Morgan fingerprint density at radius 3 is 3.05 bits per heavy atom. The Balaban J connectivity index is 1.87. The minimum atomic E-state index is 0.0403. The first-order chi connectivity index (χ1) is 9.79. The second-order valence-corrected chi connectivity index (χ2v) is 4.78. The summed E-state index contributed by atoms with van der Waals surface area (Å²) in [6.45, 7) is 2.99. The van der Waals surface area contributed by atoms with E-state index in [1.54, 1.807) is 12.5 Å². The summed E-state index contributed by atoms with van der Waals surface area (Å²) in [6.07, 6.45) is 6.52. The number of aryl methyl sites for hydroxylation is 1. The normalized spacial score (nSPS) is 11.1. The van der Waals surface area contributed by atoms with Crippen molar-refractivity contribution in [1.29, 1.82) is 0 Å². The first-order valence-corrected chi connectivity index (χ1v) is 6.79. The molecule has 0 spiro atoms. The lowest BCUT2D eigenvalue weighted by atomic mass is 10.1. The molecule has 0 aliphatic carbocycles. The molecule has 4 heteroatoms. The van der Waals surface area contributed by atoms with Crippen LogP contribution in [0.5, 0.6) is 0 Å². The number of fused-ring (bicyclic) bond motifs is 1. The van der Waals surface area contributed by atoms with Crippen LogP contribution in [0.3, 0.4) is 0 Å². The second kappa shape index (κ2) is 5.33. The van der Waals surface area contributed by atoms with Crippen molar-refractivity contribution in [3.8, 4) is 0 Å². The van der Waals surface area contributed by atoms with E-state index in [4.69, 9.17) is 4.42 Å². The molecule has 20 heavy (non-hydrogen) atoms.